The van der Waals surface area contributed by atoms with E-state index in [1.807, 2.05) is 18.2 Å². The van der Waals surface area contributed by atoms with E-state index in [0.717, 1.165) is 44.8 Å². The molecule has 0 spiro atoms. The number of carbonyl (C=O) groups is 1. The van der Waals surface area contributed by atoms with Crippen LogP contribution in [0.2, 0.25) is 0 Å². The molecule has 1 saturated heterocycles. The summed E-state index contributed by atoms with van der Waals surface area (Å²) in [6.07, 6.45) is 1.37. The summed E-state index contributed by atoms with van der Waals surface area (Å²) in [6, 6.07) is 12.5. The number of methoxy groups -OCH3 is 2. The van der Waals surface area contributed by atoms with Gasteiger partial charge in [0.1, 0.15) is 0 Å². The number of ether oxygens (including phenoxy) is 3. The lowest BCUT2D eigenvalue weighted by Gasteiger charge is -2.35. The number of carbonyl (C=O) groups excluding carboxylic acids is 1. The number of hydrogen-bond acceptors (Lipinski definition) is 6. The summed E-state index contributed by atoms with van der Waals surface area (Å²) in [5.41, 5.74) is 4.85. The number of anilines is 1. The molecule has 0 unspecified atom stereocenters. The molecule has 2 aliphatic rings. The molecule has 7 heteroatoms. The number of nitrogens with one attached hydrogen (secondary N) is 1. The Morgan fingerprint density at radius 1 is 1.06 bits per heavy atom. The van der Waals surface area contributed by atoms with E-state index in [-0.39, 0.29) is 11.9 Å². The molecule has 2 aromatic carbocycles. The van der Waals surface area contributed by atoms with Gasteiger partial charge in [0, 0.05) is 38.9 Å². The minimum absolute atomic E-state index is 0.00336. The second-order valence-corrected chi connectivity index (χ2v) is 8.39. The predicted molar refractivity (Wildman–Crippen MR) is 125 cm³/mol. The van der Waals surface area contributed by atoms with Crippen LogP contribution >= 0.6 is 0 Å². The normalized spacial score (nSPS) is 17.0. The van der Waals surface area contributed by atoms with Crippen molar-refractivity contribution in [1.29, 1.82) is 0 Å². The molecule has 2 heterocycles. The third-order valence-corrected chi connectivity index (χ3v) is 6.41. The molecule has 172 valence electrons. The van der Waals surface area contributed by atoms with Crippen molar-refractivity contribution in [3.8, 4) is 11.5 Å². The smallest absolute Gasteiger partial charge is 0.224 e. The van der Waals surface area contributed by atoms with Crippen molar-refractivity contribution < 1.29 is 19.0 Å². The standard InChI is InChI=1S/C25H33N3O4/c1-27-9-8-20-16-19(5-6-21(20)27)22(28-10-12-32-13-11-28)17-26-25(29)15-18-4-7-23(30-2)24(14-18)31-3/h4-7,14,16,22H,8-13,15,17H2,1-3H3,(H,26,29)/t22-/m1/s1. The molecule has 32 heavy (non-hydrogen) atoms. The van der Waals surface area contributed by atoms with Crippen LogP contribution in [0.25, 0.3) is 0 Å². The maximum absolute atomic E-state index is 12.8. The Hall–Kier alpha value is -2.77. The highest BCUT2D eigenvalue weighted by atomic mass is 16.5. The van der Waals surface area contributed by atoms with E-state index in [1.54, 1.807) is 14.2 Å². The van der Waals surface area contributed by atoms with E-state index >= 15 is 0 Å². The van der Waals surface area contributed by atoms with Gasteiger partial charge >= 0.3 is 0 Å². The number of fused-ring (bicyclic) bond motifs is 1. The number of likely N-dealkylation sites (N-methyl/N-ethyl adjacent to an activating group) is 1. The van der Waals surface area contributed by atoms with Crippen molar-refractivity contribution in [1.82, 2.24) is 10.2 Å². The van der Waals surface area contributed by atoms with Gasteiger partial charge in [-0.3, -0.25) is 9.69 Å². The van der Waals surface area contributed by atoms with Gasteiger partial charge in [-0.2, -0.15) is 0 Å². The molecule has 1 amide bonds. The van der Waals surface area contributed by atoms with Crippen LogP contribution in [0.4, 0.5) is 5.69 Å². The maximum atomic E-state index is 12.8. The molecule has 1 fully saturated rings. The summed E-state index contributed by atoms with van der Waals surface area (Å²) in [7, 11) is 5.34. The first-order valence-electron chi connectivity index (χ1n) is 11.2. The largest absolute Gasteiger partial charge is 0.493 e. The van der Waals surface area contributed by atoms with Gasteiger partial charge < -0.3 is 24.4 Å². The summed E-state index contributed by atoms with van der Waals surface area (Å²) < 4.78 is 16.2. The molecule has 0 aromatic heterocycles. The van der Waals surface area contributed by atoms with Crippen LogP contribution in [0.3, 0.4) is 0 Å². The Balaban J connectivity index is 1.45. The Morgan fingerprint density at radius 2 is 1.84 bits per heavy atom. The number of benzene rings is 2. The third-order valence-electron chi connectivity index (χ3n) is 6.41. The second kappa shape index (κ2) is 10.2. The van der Waals surface area contributed by atoms with Gasteiger partial charge in [-0.1, -0.05) is 18.2 Å². The highest BCUT2D eigenvalue weighted by Gasteiger charge is 2.25. The van der Waals surface area contributed by atoms with Crippen LogP contribution in [0, 0.1) is 0 Å². The molecular weight excluding hydrogens is 406 g/mol. The number of rotatable bonds is 8. The van der Waals surface area contributed by atoms with Crippen molar-refractivity contribution in [2.24, 2.45) is 0 Å². The van der Waals surface area contributed by atoms with E-state index in [2.05, 4.69) is 40.4 Å². The molecule has 7 nitrogen and oxygen atoms in total. The SMILES string of the molecule is COc1ccc(CC(=O)NC[C@H](c2ccc3c(c2)CCN3C)N2CCOCC2)cc1OC. The lowest BCUT2D eigenvalue weighted by molar-refractivity contribution is -0.120. The fraction of sp³-hybridized carbons (Fsp3) is 0.480. The summed E-state index contributed by atoms with van der Waals surface area (Å²) in [5.74, 6) is 1.29. The van der Waals surface area contributed by atoms with Crippen LogP contribution in [-0.4, -0.2) is 71.5 Å². The molecule has 0 radical (unpaired) electrons. The van der Waals surface area contributed by atoms with E-state index < -0.39 is 0 Å². The summed E-state index contributed by atoms with van der Waals surface area (Å²) in [6.45, 7) is 4.82. The van der Waals surface area contributed by atoms with E-state index in [1.165, 1.54) is 16.8 Å². The highest BCUT2D eigenvalue weighted by molar-refractivity contribution is 5.78. The summed E-state index contributed by atoms with van der Waals surface area (Å²) in [4.78, 5) is 17.5. The van der Waals surface area contributed by atoms with Crippen LogP contribution in [0.15, 0.2) is 36.4 Å². The monoisotopic (exact) mass is 439 g/mol. The molecule has 1 atom stereocenters. The number of nitrogens with zero attached hydrogens (tertiary/aromatic N) is 2. The Labute approximate surface area is 190 Å². The molecule has 2 aliphatic heterocycles. The van der Waals surface area contributed by atoms with Crippen LogP contribution < -0.4 is 19.7 Å². The molecule has 0 aliphatic carbocycles. The van der Waals surface area contributed by atoms with Crippen molar-refractivity contribution in [2.45, 2.75) is 18.9 Å². The molecule has 0 saturated carbocycles. The van der Waals surface area contributed by atoms with Gasteiger partial charge in [0.25, 0.3) is 0 Å². The van der Waals surface area contributed by atoms with E-state index in [4.69, 9.17) is 14.2 Å². The first-order chi connectivity index (χ1) is 15.6. The fourth-order valence-electron chi connectivity index (χ4n) is 4.59. The summed E-state index contributed by atoms with van der Waals surface area (Å²) >= 11 is 0. The van der Waals surface area contributed by atoms with Gasteiger partial charge in [-0.25, -0.2) is 0 Å². The van der Waals surface area contributed by atoms with Crippen LogP contribution in [0.5, 0.6) is 11.5 Å². The highest BCUT2D eigenvalue weighted by Crippen LogP contribution is 2.31. The van der Waals surface area contributed by atoms with Gasteiger partial charge in [0.15, 0.2) is 11.5 Å². The average Bonchev–Trinajstić information content (AvgIpc) is 3.20. The molecule has 2 aromatic rings. The zero-order valence-corrected chi connectivity index (χ0v) is 19.2. The zero-order valence-electron chi connectivity index (χ0n) is 19.2. The Morgan fingerprint density at radius 3 is 2.59 bits per heavy atom. The minimum Gasteiger partial charge on any atom is -0.493 e. The number of morpholine rings is 1. The maximum Gasteiger partial charge on any atom is 0.224 e. The molecule has 4 rings (SSSR count). The third kappa shape index (κ3) is 5.00. The van der Waals surface area contributed by atoms with Crippen LogP contribution in [-0.2, 0) is 22.4 Å². The zero-order chi connectivity index (χ0) is 22.5. The first-order valence-corrected chi connectivity index (χ1v) is 11.2. The second-order valence-electron chi connectivity index (χ2n) is 8.39. The van der Waals surface area contributed by atoms with Crippen molar-refractivity contribution in [3.05, 3.63) is 53.1 Å². The topological polar surface area (TPSA) is 63.3 Å². The van der Waals surface area contributed by atoms with Crippen molar-refractivity contribution >= 4 is 11.6 Å². The Kier molecular flexibility index (Phi) is 7.17. The fourth-order valence-corrected chi connectivity index (χ4v) is 4.59. The predicted octanol–water partition coefficient (Wildman–Crippen LogP) is 2.43. The van der Waals surface area contributed by atoms with E-state index in [0.29, 0.717) is 24.5 Å². The average molecular weight is 440 g/mol. The Bertz CT molecular complexity index is 943. The minimum atomic E-state index is -0.00336. The van der Waals surface area contributed by atoms with E-state index in [9.17, 15) is 4.79 Å². The van der Waals surface area contributed by atoms with Gasteiger partial charge in [-0.15, -0.1) is 0 Å². The molecule has 0 bridgehead atoms. The van der Waals surface area contributed by atoms with Gasteiger partial charge in [0.2, 0.25) is 5.91 Å². The van der Waals surface area contributed by atoms with Crippen molar-refractivity contribution in [2.75, 3.05) is 65.6 Å². The van der Waals surface area contributed by atoms with Crippen LogP contribution in [0.1, 0.15) is 22.7 Å². The number of hydrogen-bond donors (Lipinski definition) is 1. The van der Waals surface area contributed by atoms with Crippen molar-refractivity contribution in [3.63, 3.8) is 0 Å². The van der Waals surface area contributed by atoms with Gasteiger partial charge in [-0.05, 0) is 41.3 Å². The quantitative estimate of drug-likeness (QED) is 0.682. The van der Waals surface area contributed by atoms with Gasteiger partial charge in [0.05, 0.1) is 39.9 Å². The lowest BCUT2D eigenvalue weighted by Crippen LogP contribution is -2.44. The molecular formula is C25H33N3O4. The lowest BCUT2D eigenvalue weighted by atomic mass is 10.00. The summed E-state index contributed by atoms with van der Waals surface area (Å²) in [5, 5.41) is 3.17. The number of amides is 1. The molecule has 1 N–H and O–H groups in total. The first kappa shape index (κ1) is 22.4.